The van der Waals surface area contributed by atoms with Gasteiger partial charge in [-0.25, -0.2) is 0 Å². The molecule has 1 aromatic rings. The van der Waals surface area contributed by atoms with E-state index in [9.17, 15) is 4.79 Å². The molecule has 0 unspecified atom stereocenters. The van der Waals surface area contributed by atoms with E-state index < -0.39 is 0 Å². The van der Waals surface area contributed by atoms with Gasteiger partial charge in [0.05, 0.1) is 0 Å². The summed E-state index contributed by atoms with van der Waals surface area (Å²) in [7, 11) is 0. The van der Waals surface area contributed by atoms with Crippen LogP contribution in [0.15, 0.2) is 43.0 Å². The Hall–Kier alpha value is -1.37. The van der Waals surface area contributed by atoms with Gasteiger partial charge in [-0.3, -0.25) is 4.79 Å². The van der Waals surface area contributed by atoms with Crippen LogP contribution in [0.25, 0.3) is 0 Å². The molecule has 1 nitrogen and oxygen atoms in total. The summed E-state index contributed by atoms with van der Waals surface area (Å²) in [5, 5.41) is 0. The summed E-state index contributed by atoms with van der Waals surface area (Å²) in [4.78, 5) is 11.8. The molecular formula is C18H26O. The van der Waals surface area contributed by atoms with Crippen molar-refractivity contribution in [3.05, 3.63) is 48.6 Å². The number of benzene rings is 1. The smallest absolute Gasteiger partial charge is 0.162 e. The lowest BCUT2D eigenvalue weighted by Gasteiger charge is -2.02. The molecule has 0 aromatic heterocycles. The fourth-order valence-corrected chi connectivity index (χ4v) is 2.23. The zero-order chi connectivity index (χ0) is 13.8. The molecule has 0 amide bonds. The minimum absolute atomic E-state index is 0.284. The minimum Gasteiger partial charge on any atom is -0.294 e. The van der Waals surface area contributed by atoms with E-state index in [4.69, 9.17) is 0 Å². The molecule has 0 radical (unpaired) electrons. The van der Waals surface area contributed by atoms with Crippen molar-refractivity contribution in [2.24, 2.45) is 0 Å². The fraction of sp³-hybridized carbons (Fsp3) is 0.500. The first-order valence-electron chi connectivity index (χ1n) is 7.53. The van der Waals surface area contributed by atoms with Crippen LogP contribution in [-0.4, -0.2) is 5.78 Å². The normalized spacial score (nSPS) is 10.3. The predicted molar refractivity (Wildman–Crippen MR) is 82.5 cm³/mol. The molecule has 0 saturated heterocycles. The molecule has 0 fully saturated rings. The van der Waals surface area contributed by atoms with Crippen molar-refractivity contribution >= 4 is 5.78 Å². The van der Waals surface area contributed by atoms with Gasteiger partial charge in [0.2, 0.25) is 0 Å². The molecule has 104 valence electrons. The van der Waals surface area contributed by atoms with Gasteiger partial charge >= 0.3 is 0 Å². The molecule has 19 heavy (non-hydrogen) atoms. The van der Waals surface area contributed by atoms with Crippen LogP contribution in [0, 0.1) is 0 Å². The van der Waals surface area contributed by atoms with E-state index in [0.717, 1.165) is 18.4 Å². The van der Waals surface area contributed by atoms with Gasteiger partial charge in [0.1, 0.15) is 0 Å². The number of allylic oxidation sites excluding steroid dienone is 1. The van der Waals surface area contributed by atoms with Gasteiger partial charge in [-0.15, -0.1) is 6.58 Å². The first-order chi connectivity index (χ1) is 9.34. The number of unbranched alkanes of at least 4 members (excludes halogenated alkanes) is 7. The first kappa shape index (κ1) is 15.7. The standard InChI is InChI=1S/C18H26O/c1-2-3-4-5-6-7-8-9-13-16-18(19)17-14-11-10-12-15-17/h2,10-12,14-15H,1,3-9,13,16H2. The zero-order valence-corrected chi connectivity index (χ0v) is 11.9. The van der Waals surface area contributed by atoms with Gasteiger partial charge in [-0.2, -0.15) is 0 Å². The van der Waals surface area contributed by atoms with E-state index in [2.05, 4.69) is 6.58 Å². The summed E-state index contributed by atoms with van der Waals surface area (Å²) in [5.74, 6) is 0.284. The summed E-state index contributed by atoms with van der Waals surface area (Å²) in [6.45, 7) is 3.73. The highest BCUT2D eigenvalue weighted by atomic mass is 16.1. The zero-order valence-electron chi connectivity index (χ0n) is 11.9. The quantitative estimate of drug-likeness (QED) is 0.288. The second kappa shape index (κ2) is 10.5. The number of Topliss-reactive ketones (excluding diaryl/α,β-unsaturated/α-hetero) is 1. The largest absolute Gasteiger partial charge is 0.294 e. The Bertz CT molecular complexity index is 353. The third-order valence-corrected chi connectivity index (χ3v) is 3.41. The topological polar surface area (TPSA) is 17.1 Å². The van der Waals surface area contributed by atoms with Crippen molar-refractivity contribution in [3.63, 3.8) is 0 Å². The molecule has 1 heteroatoms. The fourth-order valence-electron chi connectivity index (χ4n) is 2.23. The van der Waals surface area contributed by atoms with Crippen molar-refractivity contribution in [1.29, 1.82) is 0 Å². The molecule has 0 aliphatic heterocycles. The molecule has 0 aliphatic carbocycles. The first-order valence-corrected chi connectivity index (χ1v) is 7.53. The van der Waals surface area contributed by atoms with Crippen LogP contribution in [0.1, 0.15) is 68.1 Å². The Morgan fingerprint density at radius 2 is 1.47 bits per heavy atom. The van der Waals surface area contributed by atoms with Crippen LogP contribution in [0.3, 0.4) is 0 Å². The number of rotatable bonds is 11. The highest BCUT2D eigenvalue weighted by Crippen LogP contribution is 2.12. The van der Waals surface area contributed by atoms with Gasteiger partial charge in [0, 0.05) is 12.0 Å². The van der Waals surface area contributed by atoms with Crippen LogP contribution in [-0.2, 0) is 0 Å². The van der Waals surface area contributed by atoms with E-state index in [-0.39, 0.29) is 5.78 Å². The molecule has 0 N–H and O–H groups in total. The number of ketones is 1. The molecule has 0 saturated carbocycles. The summed E-state index contributed by atoms with van der Waals surface area (Å²) in [5.41, 5.74) is 0.854. The maximum absolute atomic E-state index is 11.8. The summed E-state index contributed by atoms with van der Waals surface area (Å²) >= 11 is 0. The van der Waals surface area contributed by atoms with Crippen molar-refractivity contribution in [2.75, 3.05) is 0 Å². The lowest BCUT2D eigenvalue weighted by atomic mass is 10.0. The van der Waals surface area contributed by atoms with Gasteiger partial charge < -0.3 is 0 Å². The summed E-state index contributed by atoms with van der Waals surface area (Å²) < 4.78 is 0. The number of carbonyl (C=O) groups excluding carboxylic acids is 1. The lowest BCUT2D eigenvalue weighted by Crippen LogP contribution is -1.98. The Labute approximate surface area is 117 Å². The van der Waals surface area contributed by atoms with Crippen molar-refractivity contribution < 1.29 is 4.79 Å². The molecule has 0 aliphatic rings. The van der Waals surface area contributed by atoms with Crippen LogP contribution in [0.4, 0.5) is 0 Å². The third kappa shape index (κ3) is 7.61. The maximum atomic E-state index is 11.8. The van der Waals surface area contributed by atoms with E-state index in [1.165, 1.54) is 38.5 Å². The highest BCUT2D eigenvalue weighted by Gasteiger charge is 2.03. The second-order valence-electron chi connectivity index (χ2n) is 5.09. The molecule has 0 heterocycles. The molecule has 0 bridgehead atoms. The average molecular weight is 258 g/mol. The summed E-state index contributed by atoms with van der Waals surface area (Å²) in [6, 6.07) is 9.61. The van der Waals surface area contributed by atoms with Gasteiger partial charge in [0.25, 0.3) is 0 Å². The molecule has 0 atom stereocenters. The van der Waals surface area contributed by atoms with E-state index >= 15 is 0 Å². The SMILES string of the molecule is C=CCCCCCCCCCC(=O)c1ccccc1. The molecular weight excluding hydrogens is 232 g/mol. The molecule has 1 aromatic carbocycles. The van der Waals surface area contributed by atoms with Crippen molar-refractivity contribution in [2.45, 2.75) is 57.8 Å². The van der Waals surface area contributed by atoms with E-state index in [1.54, 1.807) is 0 Å². The number of hydrogen-bond donors (Lipinski definition) is 0. The monoisotopic (exact) mass is 258 g/mol. The van der Waals surface area contributed by atoms with Crippen molar-refractivity contribution in [3.8, 4) is 0 Å². The lowest BCUT2D eigenvalue weighted by molar-refractivity contribution is 0.0979. The number of hydrogen-bond acceptors (Lipinski definition) is 1. The minimum atomic E-state index is 0.284. The summed E-state index contributed by atoms with van der Waals surface area (Å²) in [6.07, 6.45) is 12.5. The van der Waals surface area contributed by atoms with Crippen LogP contribution in [0.2, 0.25) is 0 Å². The Morgan fingerprint density at radius 3 is 2.11 bits per heavy atom. The Balaban J connectivity index is 1.96. The van der Waals surface area contributed by atoms with E-state index in [1.807, 2.05) is 36.4 Å². The van der Waals surface area contributed by atoms with E-state index in [0.29, 0.717) is 6.42 Å². The Morgan fingerprint density at radius 1 is 0.895 bits per heavy atom. The van der Waals surface area contributed by atoms with Gasteiger partial charge in [-0.1, -0.05) is 68.5 Å². The van der Waals surface area contributed by atoms with Crippen LogP contribution in [0.5, 0.6) is 0 Å². The molecule has 0 spiro atoms. The number of carbonyl (C=O) groups is 1. The maximum Gasteiger partial charge on any atom is 0.162 e. The van der Waals surface area contributed by atoms with Gasteiger partial charge in [0.15, 0.2) is 5.78 Å². The van der Waals surface area contributed by atoms with Crippen LogP contribution >= 0.6 is 0 Å². The van der Waals surface area contributed by atoms with Crippen molar-refractivity contribution in [1.82, 2.24) is 0 Å². The highest BCUT2D eigenvalue weighted by molar-refractivity contribution is 5.95. The second-order valence-corrected chi connectivity index (χ2v) is 5.09. The molecule has 1 rings (SSSR count). The van der Waals surface area contributed by atoms with Crippen LogP contribution < -0.4 is 0 Å². The Kier molecular flexibility index (Phi) is 8.70. The third-order valence-electron chi connectivity index (χ3n) is 3.41. The van der Waals surface area contributed by atoms with Gasteiger partial charge in [-0.05, 0) is 19.3 Å². The predicted octanol–water partition coefficient (Wildman–Crippen LogP) is 5.57. The average Bonchev–Trinajstić information content (AvgIpc) is 2.46.